The largest absolute Gasteiger partial charge is 0.384 e. The zero-order valence-corrected chi connectivity index (χ0v) is 8.04. The molecule has 0 bridgehead atoms. The third kappa shape index (κ3) is 0.972. The highest BCUT2D eigenvalue weighted by molar-refractivity contribution is 9.10. The summed E-state index contributed by atoms with van der Waals surface area (Å²) in [6, 6.07) is 1.78. The molecule has 2 aromatic rings. The quantitative estimate of drug-likeness (QED) is 0.739. The number of nitrogen functional groups attached to an aromatic ring is 1. The van der Waals surface area contributed by atoms with Gasteiger partial charge in [0.2, 0.25) is 0 Å². The van der Waals surface area contributed by atoms with Gasteiger partial charge in [0.25, 0.3) is 0 Å². The predicted molar refractivity (Wildman–Crippen MR) is 49.8 cm³/mol. The monoisotopic (exact) mass is 226 g/mol. The number of anilines is 1. The standard InChI is InChI=1S/C7H7BrN4/c1-4-2-6(9)11-7-5(8)3-10-12(4)7/h2-3H,1H3,(H2,9,11). The average molecular weight is 227 g/mol. The van der Waals surface area contributed by atoms with Gasteiger partial charge in [0.05, 0.1) is 10.7 Å². The third-order valence-corrected chi connectivity index (χ3v) is 2.19. The molecule has 62 valence electrons. The van der Waals surface area contributed by atoms with E-state index in [1.54, 1.807) is 16.8 Å². The zero-order valence-electron chi connectivity index (χ0n) is 6.45. The molecule has 2 rings (SSSR count). The van der Waals surface area contributed by atoms with Gasteiger partial charge in [-0.2, -0.15) is 5.10 Å². The lowest BCUT2D eigenvalue weighted by atomic mass is 10.4. The molecule has 0 saturated carbocycles. The molecule has 0 atom stereocenters. The molecule has 0 aromatic carbocycles. The topological polar surface area (TPSA) is 56.2 Å². The Morgan fingerprint density at radius 2 is 2.33 bits per heavy atom. The third-order valence-electron chi connectivity index (χ3n) is 1.63. The fourth-order valence-corrected chi connectivity index (χ4v) is 1.46. The summed E-state index contributed by atoms with van der Waals surface area (Å²) in [6.45, 7) is 1.94. The molecule has 0 spiro atoms. The maximum atomic E-state index is 5.58. The van der Waals surface area contributed by atoms with Gasteiger partial charge in [-0.1, -0.05) is 0 Å². The van der Waals surface area contributed by atoms with E-state index < -0.39 is 0 Å². The van der Waals surface area contributed by atoms with E-state index in [2.05, 4.69) is 26.0 Å². The Morgan fingerprint density at radius 3 is 3.08 bits per heavy atom. The van der Waals surface area contributed by atoms with Crippen LogP contribution >= 0.6 is 15.9 Å². The smallest absolute Gasteiger partial charge is 0.171 e. The number of aromatic nitrogens is 3. The van der Waals surface area contributed by atoms with Crippen molar-refractivity contribution < 1.29 is 0 Å². The second-order valence-electron chi connectivity index (χ2n) is 2.55. The molecule has 0 aliphatic carbocycles. The fraction of sp³-hybridized carbons (Fsp3) is 0.143. The summed E-state index contributed by atoms with van der Waals surface area (Å²) >= 11 is 3.33. The van der Waals surface area contributed by atoms with Gasteiger partial charge in [-0.25, -0.2) is 9.50 Å². The lowest BCUT2D eigenvalue weighted by molar-refractivity contribution is 0.897. The number of nitrogens with two attached hydrogens (primary N) is 1. The maximum absolute atomic E-state index is 5.58. The van der Waals surface area contributed by atoms with Crippen LogP contribution in [0.15, 0.2) is 16.7 Å². The first-order chi connectivity index (χ1) is 5.68. The Labute approximate surface area is 77.5 Å². The number of fused-ring (bicyclic) bond motifs is 1. The van der Waals surface area contributed by atoms with E-state index in [1.165, 1.54) is 0 Å². The highest BCUT2D eigenvalue weighted by atomic mass is 79.9. The summed E-state index contributed by atoms with van der Waals surface area (Å²) in [5.41, 5.74) is 7.31. The van der Waals surface area contributed by atoms with Crippen molar-refractivity contribution in [3.05, 3.63) is 22.4 Å². The number of rotatable bonds is 0. The van der Waals surface area contributed by atoms with Crippen LogP contribution < -0.4 is 5.73 Å². The van der Waals surface area contributed by atoms with Gasteiger partial charge in [0, 0.05) is 11.8 Å². The minimum absolute atomic E-state index is 0.515. The van der Waals surface area contributed by atoms with Crippen LogP contribution in [0.3, 0.4) is 0 Å². The van der Waals surface area contributed by atoms with Crippen LogP contribution in [0.2, 0.25) is 0 Å². The number of halogens is 1. The van der Waals surface area contributed by atoms with Crippen LogP contribution in [0.25, 0.3) is 5.65 Å². The molecule has 5 heteroatoms. The van der Waals surface area contributed by atoms with E-state index in [4.69, 9.17) is 5.73 Å². The van der Waals surface area contributed by atoms with Gasteiger partial charge < -0.3 is 5.73 Å². The molecule has 0 unspecified atom stereocenters. The molecular formula is C7H7BrN4. The van der Waals surface area contributed by atoms with Crippen LogP contribution in [0.5, 0.6) is 0 Å². The minimum Gasteiger partial charge on any atom is -0.384 e. The average Bonchev–Trinajstić information content (AvgIpc) is 2.33. The predicted octanol–water partition coefficient (Wildman–Crippen LogP) is 1.38. The molecule has 12 heavy (non-hydrogen) atoms. The summed E-state index contributed by atoms with van der Waals surface area (Å²) in [6.07, 6.45) is 1.70. The van der Waals surface area contributed by atoms with Gasteiger partial charge >= 0.3 is 0 Å². The Morgan fingerprint density at radius 1 is 1.58 bits per heavy atom. The Kier molecular flexibility index (Phi) is 1.54. The van der Waals surface area contributed by atoms with Crippen LogP contribution in [0, 0.1) is 6.92 Å². The fourth-order valence-electron chi connectivity index (χ4n) is 1.11. The molecule has 2 heterocycles. The molecule has 0 saturated heterocycles. The van der Waals surface area contributed by atoms with Crippen molar-refractivity contribution in [2.24, 2.45) is 0 Å². The first-order valence-electron chi connectivity index (χ1n) is 3.45. The van der Waals surface area contributed by atoms with E-state index in [0.717, 1.165) is 15.8 Å². The molecule has 2 N–H and O–H groups in total. The van der Waals surface area contributed by atoms with E-state index in [1.807, 2.05) is 6.92 Å². The summed E-state index contributed by atoms with van der Waals surface area (Å²) in [5, 5.41) is 4.11. The van der Waals surface area contributed by atoms with Crippen molar-refractivity contribution in [1.29, 1.82) is 0 Å². The van der Waals surface area contributed by atoms with Crippen LogP contribution in [0.1, 0.15) is 5.69 Å². The summed E-state index contributed by atoms with van der Waals surface area (Å²) < 4.78 is 2.60. The second-order valence-corrected chi connectivity index (χ2v) is 3.40. The normalized spacial score (nSPS) is 10.8. The first kappa shape index (κ1) is 7.54. The molecule has 0 aliphatic heterocycles. The molecular weight excluding hydrogens is 220 g/mol. The Hall–Kier alpha value is -1.10. The molecule has 0 aliphatic rings. The maximum Gasteiger partial charge on any atom is 0.171 e. The molecule has 0 fully saturated rings. The first-order valence-corrected chi connectivity index (χ1v) is 4.24. The molecule has 2 aromatic heterocycles. The van der Waals surface area contributed by atoms with Crippen molar-refractivity contribution in [1.82, 2.24) is 14.6 Å². The van der Waals surface area contributed by atoms with Crippen LogP contribution in [-0.4, -0.2) is 14.6 Å². The molecule has 0 amide bonds. The van der Waals surface area contributed by atoms with Crippen molar-refractivity contribution in [3.63, 3.8) is 0 Å². The lowest BCUT2D eigenvalue weighted by Gasteiger charge is -1.99. The highest BCUT2D eigenvalue weighted by Gasteiger charge is 2.04. The van der Waals surface area contributed by atoms with Crippen molar-refractivity contribution >= 4 is 27.4 Å². The summed E-state index contributed by atoms with van der Waals surface area (Å²) in [4.78, 5) is 4.13. The summed E-state index contributed by atoms with van der Waals surface area (Å²) in [5.74, 6) is 0.515. The van der Waals surface area contributed by atoms with Crippen LogP contribution in [0.4, 0.5) is 5.82 Å². The van der Waals surface area contributed by atoms with Gasteiger partial charge in [0.15, 0.2) is 5.65 Å². The van der Waals surface area contributed by atoms with Gasteiger partial charge in [-0.3, -0.25) is 0 Å². The van der Waals surface area contributed by atoms with Crippen molar-refractivity contribution in [2.75, 3.05) is 5.73 Å². The molecule has 0 radical (unpaired) electrons. The second kappa shape index (κ2) is 2.45. The van der Waals surface area contributed by atoms with Crippen molar-refractivity contribution in [3.8, 4) is 0 Å². The number of hydrogen-bond acceptors (Lipinski definition) is 3. The Bertz CT molecular complexity index is 434. The van der Waals surface area contributed by atoms with Gasteiger partial charge in [-0.15, -0.1) is 0 Å². The number of nitrogens with zero attached hydrogens (tertiary/aromatic N) is 3. The lowest BCUT2D eigenvalue weighted by Crippen LogP contribution is -1.99. The number of hydrogen-bond donors (Lipinski definition) is 1. The van der Waals surface area contributed by atoms with Crippen LogP contribution in [-0.2, 0) is 0 Å². The van der Waals surface area contributed by atoms with Crippen molar-refractivity contribution in [2.45, 2.75) is 6.92 Å². The minimum atomic E-state index is 0.515. The SMILES string of the molecule is Cc1cc(N)nc2c(Br)cnn12. The van der Waals surface area contributed by atoms with E-state index in [-0.39, 0.29) is 0 Å². The number of aryl methyl sites for hydroxylation is 1. The van der Waals surface area contributed by atoms with Gasteiger partial charge in [0.1, 0.15) is 5.82 Å². The van der Waals surface area contributed by atoms with E-state index >= 15 is 0 Å². The molecule has 4 nitrogen and oxygen atoms in total. The van der Waals surface area contributed by atoms with E-state index in [9.17, 15) is 0 Å². The van der Waals surface area contributed by atoms with E-state index in [0.29, 0.717) is 5.82 Å². The summed E-state index contributed by atoms with van der Waals surface area (Å²) in [7, 11) is 0. The zero-order chi connectivity index (χ0) is 8.72. The highest BCUT2D eigenvalue weighted by Crippen LogP contribution is 2.17. The Balaban J connectivity index is 2.92. The van der Waals surface area contributed by atoms with Gasteiger partial charge in [-0.05, 0) is 22.9 Å².